The molecule has 1 N–H and O–H groups in total. The molecule has 1 fully saturated rings. The minimum absolute atomic E-state index is 0.0677. The van der Waals surface area contributed by atoms with Gasteiger partial charge in [-0.25, -0.2) is 0 Å². The van der Waals surface area contributed by atoms with E-state index >= 15 is 0 Å². The lowest BCUT2D eigenvalue weighted by molar-refractivity contribution is -0.137. The number of carbonyl (C=O) groups is 1. The van der Waals surface area contributed by atoms with Crippen LogP contribution in [0.1, 0.15) is 59.8 Å². The standard InChI is InChI=1S/C15H30N2O/c1-5-13(6-2)17(11-12(3)4)15(18)14-9-7-8-10-16-14/h12-14,16H,5-11H2,1-4H3/t14-/m1/s1. The summed E-state index contributed by atoms with van der Waals surface area (Å²) in [5.74, 6) is 0.871. The van der Waals surface area contributed by atoms with Crippen molar-refractivity contribution in [3.8, 4) is 0 Å². The third kappa shape index (κ3) is 4.27. The predicted molar refractivity (Wildman–Crippen MR) is 76.6 cm³/mol. The van der Waals surface area contributed by atoms with Gasteiger partial charge in [-0.05, 0) is 38.1 Å². The number of piperidine rings is 1. The van der Waals surface area contributed by atoms with Gasteiger partial charge in [0.25, 0.3) is 0 Å². The Morgan fingerprint density at radius 2 is 1.94 bits per heavy atom. The van der Waals surface area contributed by atoms with Crippen LogP contribution in [0.25, 0.3) is 0 Å². The first-order valence-electron chi connectivity index (χ1n) is 7.63. The van der Waals surface area contributed by atoms with Crippen LogP contribution in [0.4, 0.5) is 0 Å². The summed E-state index contributed by atoms with van der Waals surface area (Å²) in [6.07, 6.45) is 5.51. The molecule has 0 radical (unpaired) electrons. The number of hydrogen-bond acceptors (Lipinski definition) is 2. The number of hydrogen-bond donors (Lipinski definition) is 1. The minimum Gasteiger partial charge on any atom is -0.338 e. The van der Waals surface area contributed by atoms with Crippen molar-refractivity contribution in [3.63, 3.8) is 0 Å². The van der Waals surface area contributed by atoms with Crippen LogP contribution < -0.4 is 5.32 Å². The Hall–Kier alpha value is -0.570. The largest absolute Gasteiger partial charge is 0.338 e. The number of amides is 1. The zero-order chi connectivity index (χ0) is 13.5. The van der Waals surface area contributed by atoms with Gasteiger partial charge in [-0.2, -0.15) is 0 Å². The van der Waals surface area contributed by atoms with Crippen LogP contribution in [0.2, 0.25) is 0 Å². The van der Waals surface area contributed by atoms with E-state index in [9.17, 15) is 4.79 Å². The molecule has 0 spiro atoms. The highest BCUT2D eigenvalue weighted by atomic mass is 16.2. The summed E-state index contributed by atoms with van der Waals surface area (Å²) in [6, 6.07) is 0.474. The third-order valence-corrected chi connectivity index (χ3v) is 3.84. The van der Waals surface area contributed by atoms with Gasteiger partial charge in [0.1, 0.15) is 0 Å². The molecule has 1 aliphatic heterocycles. The van der Waals surface area contributed by atoms with E-state index in [0.29, 0.717) is 17.9 Å². The molecular formula is C15H30N2O. The molecule has 0 saturated carbocycles. The molecule has 106 valence electrons. The monoisotopic (exact) mass is 254 g/mol. The van der Waals surface area contributed by atoms with Crippen molar-refractivity contribution in [1.82, 2.24) is 10.2 Å². The smallest absolute Gasteiger partial charge is 0.239 e. The van der Waals surface area contributed by atoms with Crippen molar-refractivity contribution in [2.45, 2.75) is 71.9 Å². The molecule has 1 atom stereocenters. The second kappa shape index (κ2) is 7.78. The van der Waals surface area contributed by atoms with Crippen molar-refractivity contribution in [2.75, 3.05) is 13.1 Å². The maximum Gasteiger partial charge on any atom is 0.239 e. The van der Waals surface area contributed by atoms with E-state index in [1.165, 1.54) is 12.8 Å². The molecule has 3 nitrogen and oxygen atoms in total. The molecule has 0 unspecified atom stereocenters. The fourth-order valence-electron chi connectivity index (χ4n) is 2.80. The molecule has 0 aliphatic carbocycles. The number of rotatable bonds is 6. The van der Waals surface area contributed by atoms with Gasteiger partial charge in [0, 0.05) is 12.6 Å². The third-order valence-electron chi connectivity index (χ3n) is 3.84. The summed E-state index contributed by atoms with van der Waals surface area (Å²) >= 11 is 0. The summed E-state index contributed by atoms with van der Waals surface area (Å²) in [5.41, 5.74) is 0. The van der Waals surface area contributed by atoms with E-state index in [0.717, 1.165) is 32.4 Å². The summed E-state index contributed by atoms with van der Waals surface area (Å²) in [5, 5.41) is 3.38. The molecule has 0 aromatic rings. The number of nitrogens with zero attached hydrogens (tertiary/aromatic N) is 1. The van der Waals surface area contributed by atoms with E-state index in [1.807, 2.05) is 0 Å². The lowest BCUT2D eigenvalue weighted by Gasteiger charge is -2.36. The first-order chi connectivity index (χ1) is 8.60. The molecule has 1 saturated heterocycles. The van der Waals surface area contributed by atoms with E-state index < -0.39 is 0 Å². The minimum atomic E-state index is 0.0677. The Bertz CT molecular complexity index is 243. The normalized spacial score (nSPS) is 20.4. The number of nitrogens with one attached hydrogen (secondary N) is 1. The average molecular weight is 254 g/mol. The Morgan fingerprint density at radius 1 is 1.28 bits per heavy atom. The molecule has 0 aromatic heterocycles. The van der Waals surface area contributed by atoms with E-state index in [-0.39, 0.29) is 6.04 Å². The second-order valence-electron chi connectivity index (χ2n) is 5.86. The lowest BCUT2D eigenvalue weighted by Crippen LogP contribution is -2.52. The van der Waals surface area contributed by atoms with Gasteiger partial charge < -0.3 is 10.2 Å². The maximum atomic E-state index is 12.7. The van der Waals surface area contributed by atoms with Crippen molar-refractivity contribution < 1.29 is 4.79 Å². The lowest BCUT2D eigenvalue weighted by atomic mass is 10.0. The Labute approximate surface area is 112 Å². The molecule has 1 aliphatic rings. The zero-order valence-electron chi connectivity index (χ0n) is 12.5. The molecule has 0 bridgehead atoms. The summed E-state index contributed by atoms with van der Waals surface area (Å²) < 4.78 is 0. The molecular weight excluding hydrogens is 224 g/mol. The highest BCUT2D eigenvalue weighted by Crippen LogP contribution is 2.16. The van der Waals surface area contributed by atoms with Crippen LogP contribution >= 0.6 is 0 Å². The first kappa shape index (κ1) is 15.5. The van der Waals surface area contributed by atoms with E-state index in [4.69, 9.17) is 0 Å². The van der Waals surface area contributed by atoms with Gasteiger partial charge >= 0.3 is 0 Å². The molecule has 1 rings (SSSR count). The molecule has 3 heteroatoms. The quantitative estimate of drug-likeness (QED) is 0.790. The van der Waals surface area contributed by atoms with Crippen molar-refractivity contribution in [3.05, 3.63) is 0 Å². The second-order valence-corrected chi connectivity index (χ2v) is 5.86. The molecule has 18 heavy (non-hydrogen) atoms. The first-order valence-corrected chi connectivity index (χ1v) is 7.63. The van der Waals surface area contributed by atoms with Crippen LogP contribution in [-0.2, 0) is 4.79 Å². The molecule has 0 aromatic carbocycles. The predicted octanol–water partition coefficient (Wildman–Crippen LogP) is 2.80. The van der Waals surface area contributed by atoms with E-state index in [2.05, 4.69) is 37.9 Å². The number of carbonyl (C=O) groups excluding carboxylic acids is 1. The van der Waals surface area contributed by atoms with Gasteiger partial charge in [-0.1, -0.05) is 34.1 Å². The average Bonchev–Trinajstić information content (AvgIpc) is 2.38. The Kier molecular flexibility index (Phi) is 6.69. The summed E-state index contributed by atoms with van der Waals surface area (Å²) in [6.45, 7) is 10.6. The van der Waals surface area contributed by atoms with Crippen LogP contribution in [0.3, 0.4) is 0 Å². The topological polar surface area (TPSA) is 32.3 Å². The zero-order valence-corrected chi connectivity index (χ0v) is 12.5. The van der Waals surface area contributed by atoms with Crippen LogP contribution in [0.15, 0.2) is 0 Å². The summed E-state index contributed by atoms with van der Waals surface area (Å²) in [7, 11) is 0. The van der Waals surface area contributed by atoms with Crippen molar-refractivity contribution >= 4 is 5.91 Å². The maximum absolute atomic E-state index is 12.7. The van der Waals surface area contributed by atoms with Crippen LogP contribution in [0, 0.1) is 5.92 Å². The summed E-state index contributed by atoms with van der Waals surface area (Å²) in [4.78, 5) is 14.8. The SMILES string of the molecule is CCC(CC)N(CC(C)C)C(=O)[C@H]1CCCCN1. The van der Waals surface area contributed by atoms with Crippen molar-refractivity contribution in [1.29, 1.82) is 0 Å². The van der Waals surface area contributed by atoms with Crippen LogP contribution in [-0.4, -0.2) is 36.0 Å². The highest BCUT2D eigenvalue weighted by molar-refractivity contribution is 5.82. The van der Waals surface area contributed by atoms with Gasteiger partial charge in [0.15, 0.2) is 0 Å². The Balaban J connectivity index is 2.70. The van der Waals surface area contributed by atoms with E-state index in [1.54, 1.807) is 0 Å². The molecule has 1 heterocycles. The van der Waals surface area contributed by atoms with Gasteiger partial charge in [0.2, 0.25) is 5.91 Å². The van der Waals surface area contributed by atoms with Gasteiger partial charge in [0.05, 0.1) is 6.04 Å². The molecule has 1 amide bonds. The van der Waals surface area contributed by atoms with Crippen molar-refractivity contribution in [2.24, 2.45) is 5.92 Å². The highest BCUT2D eigenvalue weighted by Gasteiger charge is 2.29. The Morgan fingerprint density at radius 3 is 2.39 bits per heavy atom. The fourth-order valence-corrected chi connectivity index (χ4v) is 2.80. The van der Waals surface area contributed by atoms with Gasteiger partial charge in [-0.15, -0.1) is 0 Å². The van der Waals surface area contributed by atoms with Gasteiger partial charge in [-0.3, -0.25) is 4.79 Å². The fraction of sp³-hybridized carbons (Fsp3) is 0.933. The van der Waals surface area contributed by atoms with Crippen LogP contribution in [0.5, 0.6) is 0 Å².